The number of nitrogens with two attached hydrogens (primary N) is 1. The Kier molecular flexibility index (Phi) is 2.99. The van der Waals surface area contributed by atoms with E-state index in [1.165, 1.54) is 6.07 Å². The number of rotatable bonds is 2. The molecule has 2 aromatic rings. The number of aryl methyl sites for hydroxylation is 1. The van der Waals surface area contributed by atoms with Crippen LogP contribution in [0.25, 0.3) is 0 Å². The fourth-order valence-electron chi connectivity index (χ4n) is 2.01. The van der Waals surface area contributed by atoms with Crippen molar-refractivity contribution < 1.29 is 4.39 Å². The standard InChI is InChI=1S/C15H16FN/c1-11-6-5-7-12(10-11)15(2,17)13-8-3-4-9-14(13)16/h3-10H,17H2,1-2H3. The van der Waals surface area contributed by atoms with Crippen LogP contribution in [-0.4, -0.2) is 0 Å². The van der Waals surface area contributed by atoms with E-state index in [1.54, 1.807) is 18.2 Å². The molecule has 1 atom stereocenters. The zero-order valence-electron chi connectivity index (χ0n) is 10.1. The predicted octanol–water partition coefficient (Wildman–Crippen LogP) is 3.36. The second-order valence-corrected chi connectivity index (χ2v) is 4.55. The van der Waals surface area contributed by atoms with Crippen LogP contribution in [0.4, 0.5) is 4.39 Å². The highest BCUT2D eigenvalue weighted by atomic mass is 19.1. The number of benzene rings is 2. The minimum Gasteiger partial charge on any atom is -0.318 e. The maximum Gasteiger partial charge on any atom is 0.128 e. The molecular weight excluding hydrogens is 213 g/mol. The molecule has 2 aromatic carbocycles. The molecule has 17 heavy (non-hydrogen) atoms. The van der Waals surface area contributed by atoms with Crippen LogP contribution in [0.5, 0.6) is 0 Å². The maximum absolute atomic E-state index is 13.8. The van der Waals surface area contributed by atoms with Crippen molar-refractivity contribution in [3.8, 4) is 0 Å². The van der Waals surface area contributed by atoms with Gasteiger partial charge in [-0.05, 0) is 25.5 Å². The Bertz CT molecular complexity index is 532. The van der Waals surface area contributed by atoms with E-state index in [0.29, 0.717) is 5.56 Å². The summed E-state index contributed by atoms with van der Waals surface area (Å²) >= 11 is 0. The molecule has 1 unspecified atom stereocenters. The summed E-state index contributed by atoms with van der Waals surface area (Å²) in [6.07, 6.45) is 0. The molecule has 0 heterocycles. The van der Waals surface area contributed by atoms with E-state index < -0.39 is 5.54 Å². The van der Waals surface area contributed by atoms with Gasteiger partial charge in [0.2, 0.25) is 0 Å². The van der Waals surface area contributed by atoms with Crippen LogP contribution in [0.15, 0.2) is 48.5 Å². The Morgan fingerprint density at radius 3 is 2.41 bits per heavy atom. The van der Waals surface area contributed by atoms with E-state index in [1.807, 2.05) is 38.1 Å². The van der Waals surface area contributed by atoms with Gasteiger partial charge in [-0.2, -0.15) is 0 Å². The van der Waals surface area contributed by atoms with Gasteiger partial charge in [-0.25, -0.2) is 4.39 Å². The van der Waals surface area contributed by atoms with E-state index in [9.17, 15) is 4.39 Å². The Labute approximate surface area is 101 Å². The third-order valence-corrected chi connectivity index (χ3v) is 3.05. The van der Waals surface area contributed by atoms with Gasteiger partial charge in [0.05, 0.1) is 5.54 Å². The van der Waals surface area contributed by atoms with Crippen LogP contribution in [0.3, 0.4) is 0 Å². The van der Waals surface area contributed by atoms with Gasteiger partial charge in [0.1, 0.15) is 5.82 Å². The topological polar surface area (TPSA) is 26.0 Å². The zero-order chi connectivity index (χ0) is 12.5. The lowest BCUT2D eigenvalue weighted by Gasteiger charge is -2.26. The number of hydrogen-bond donors (Lipinski definition) is 1. The summed E-state index contributed by atoms with van der Waals surface area (Å²) in [5.41, 5.74) is 8.04. The molecule has 2 heteroatoms. The molecule has 0 amide bonds. The van der Waals surface area contributed by atoms with E-state index in [-0.39, 0.29) is 5.82 Å². The van der Waals surface area contributed by atoms with Crippen molar-refractivity contribution in [1.29, 1.82) is 0 Å². The normalized spacial score (nSPS) is 14.4. The highest BCUT2D eigenvalue weighted by Gasteiger charge is 2.26. The average molecular weight is 229 g/mol. The summed E-state index contributed by atoms with van der Waals surface area (Å²) in [6.45, 7) is 3.83. The summed E-state index contributed by atoms with van der Waals surface area (Å²) in [6, 6.07) is 14.5. The lowest BCUT2D eigenvalue weighted by molar-refractivity contribution is 0.530. The van der Waals surface area contributed by atoms with Crippen molar-refractivity contribution in [3.05, 3.63) is 71.0 Å². The third-order valence-electron chi connectivity index (χ3n) is 3.05. The van der Waals surface area contributed by atoms with Crippen molar-refractivity contribution >= 4 is 0 Å². The van der Waals surface area contributed by atoms with Crippen molar-refractivity contribution in [3.63, 3.8) is 0 Å². The van der Waals surface area contributed by atoms with Gasteiger partial charge < -0.3 is 5.73 Å². The molecule has 88 valence electrons. The van der Waals surface area contributed by atoms with E-state index in [2.05, 4.69) is 0 Å². The summed E-state index contributed by atoms with van der Waals surface area (Å²) in [5, 5.41) is 0. The van der Waals surface area contributed by atoms with Crippen LogP contribution in [0.1, 0.15) is 23.6 Å². The van der Waals surface area contributed by atoms with Crippen LogP contribution in [-0.2, 0) is 5.54 Å². The smallest absolute Gasteiger partial charge is 0.128 e. The molecule has 0 saturated heterocycles. The van der Waals surface area contributed by atoms with Gasteiger partial charge in [0.25, 0.3) is 0 Å². The lowest BCUT2D eigenvalue weighted by atomic mass is 9.85. The van der Waals surface area contributed by atoms with E-state index >= 15 is 0 Å². The maximum atomic E-state index is 13.8. The molecule has 0 bridgehead atoms. The second kappa shape index (κ2) is 4.30. The summed E-state index contributed by atoms with van der Waals surface area (Å²) in [7, 11) is 0. The minimum atomic E-state index is -0.808. The van der Waals surface area contributed by atoms with Gasteiger partial charge in [-0.1, -0.05) is 48.0 Å². The first-order valence-corrected chi connectivity index (χ1v) is 5.63. The van der Waals surface area contributed by atoms with Gasteiger partial charge in [0, 0.05) is 5.56 Å². The highest BCUT2D eigenvalue weighted by Crippen LogP contribution is 2.28. The summed E-state index contributed by atoms with van der Waals surface area (Å²) < 4.78 is 13.8. The summed E-state index contributed by atoms with van der Waals surface area (Å²) in [4.78, 5) is 0. The number of hydrogen-bond acceptors (Lipinski definition) is 1. The fourth-order valence-corrected chi connectivity index (χ4v) is 2.01. The molecule has 0 aliphatic carbocycles. The van der Waals surface area contributed by atoms with Gasteiger partial charge in [0.15, 0.2) is 0 Å². The lowest BCUT2D eigenvalue weighted by Crippen LogP contribution is -2.35. The van der Waals surface area contributed by atoms with Gasteiger partial charge >= 0.3 is 0 Å². The second-order valence-electron chi connectivity index (χ2n) is 4.55. The van der Waals surface area contributed by atoms with Crippen LogP contribution in [0, 0.1) is 12.7 Å². The van der Waals surface area contributed by atoms with Gasteiger partial charge in [-0.3, -0.25) is 0 Å². The molecule has 0 radical (unpaired) electrons. The molecule has 0 aromatic heterocycles. The van der Waals surface area contributed by atoms with E-state index in [4.69, 9.17) is 5.73 Å². The number of halogens is 1. The van der Waals surface area contributed by atoms with Gasteiger partial charge in [-0.15, -0.1) is 0 Å². The average Bonchev–Trinajstić information content (AvgIpc) is 2.29. The molecular formula is C15H16FN. The monoisotopic (exact) mass is 229 g/mol. The van der Waals surface area contributed by atoms with Crippen LogP contribution in [0.2, 0.25) is 0 Å². The molecule has 2 N–H and O–H groups in total. The molecule has 0 saturated carbocycles. The predicted molar refractivity (Wildman–Crippen MR) is 68.2 cm³/mol. The molecule has 0 aliphatic rings. The summed E-state index contributed by atoms with van der Waals surface area (Å²) in [5.74, 6) is -0.265. The van der Waals surface area contributed by atoms with Crippen LogP contribution >= 0.6 is 0 Å². The molecule has 0 fully saturated rings. The first-order chi connectivity index (χ1) is 8.01. The van der Waals surface area contributed by atoms with Crippen molar-refractivity contribution in [2.75, 3.05) is 0 Å². The first kappa shape index (κ1) is 11.8. The minimum absolute atomic E-state index is 0.265. The van der Waals surface area contributed by atoms with Crippen LogP contribution < -0.4 is 5.73 Å². The highest BCUT2D eigenvalue weighted by molar-refractivity contribution is 5.39. The Balaban J connectivity index is 2.53. The first-order valence-electron chi connectivity index (χ1n) is 5.63. The van der Waals surface area contributed by atoms with Crippen molar-refractivity contribution in [2.45, 2.75) is 19.4 Å². The molecule has 0 spiro atoms. The largest absolute Gasteiger partial charge is 0.318 e. The third kappa shape index (κ3) is 2.22. The molecule has 1 nitrogen and oxygen atoms in total. The Morgan fingerprint density at radius 1 is 1.06 bits per heavy atom. The van der Waals surface area contributed by atoms with Crippen molar-refractivity contribution in [2.24, 2.45) is 5.73 Å². The SMILES string of the molecule is Cc1cccc(C(C)(N)c2ccccc2F)c1. The molecule has 0 aliphatic heterocycles. The van der Waals surface area contributed by atoms with E-state index in [0.717, 1.165) is 11.1 Å². The Hall–Kier alpha value is -1.67. The quantitative estimate of drug-likeness (QED) is 0.839. The zero-order valence-corrected chi connectivity index (χ0v) is 10.1. The fraction of sp³-hybridized carbons (Fsp3) is 0.200. The van der Waals surface area contributed by atoms with Crippen molar-refractivity contribution in [1.82, 2.24) is 0 Å². The Morgan fingerprint density at radius 2 is 1.76 bits per heavy atom. The molecule has 2 rings (SSSR count).